The molecule has 0 fully saturated rings. The predicted octanol–water partition coefficient (Wildman–Crippen LogP) is 0.894. The molecule has 0 saturated heterocycles. The van der Waals surface area contributed by atoms with Crippen molar-refractivity contribution in [3.05, 3.63) is 24.2 Å². The Hall–Kier alpha value is -1.98. The number of urea groups is 1. The Morgan fingerprint density at radius 2 is 2.31 bits per heavy atom. The molecule has 0 aromatic carbocycles. The maximum absolute atomic E-state index is 11.5. The summed E-state index contributed by atoms with van der Waals surface area (Å²) in [5, 5.41) is 11.0. The molecule has 0 aliphatic heterocycles. The molecular formula is C10H14N2O4. The summed E-state index contributed by atoms with van der Waals surface area (Å²) in [6.45, 7) is 1.78. The maximum atomic E-state index is 11.5. The van der Waals surface area contributed by atoms with Crippen LogP contribution >= 0.6 is 0 Å². The van der Waals surface area contributed by atoms with Crippen LogP contribution in [0.2, 0.25) is 0 Å². The Morgan fingerprint density at radius 1 is 1.62 bits per heavy atom. The number of carboxylic acid groups (broad SMARTS) is 1. The first kappa shape index (κ1) is 12.1. The van der Waals surface area contributed by atoms with Crippen molar-refractivity contribution in [1.29, 1.82) is 0 Å². The largest absolute Gasteiger partial charge is 0.480 e. The van der Waals surface area contributed by atoms with Gasteiger partial charge in [-0.3, -0.25) is 4.79 Å². The fraction of sp³-hybridized carbons (Fsp3) is 0.400. The van der Waals surface area contributed by atoms with Gasteiger partial charge in [-0.2, -0.15) is 0 Å². The molecule has 1 rings (SSSR count). The number of furan rings is 1. The van der Waals surface area contributed by atoms with Gasteiger partial charge in [0.15, 0.2) is 0 Å². The van der Waals surface area contributed by atoms with Crippen molar-refractivity contribution in [2.24, 2.45) is 0 Å². The summed E-state index contributed by atoms with van der Waals surface area (Å²) in [6, 6.07) is 0.403. The molecule has 0 spiro atoms. The first-order valence-corrected chi connectivity index (χ1v) is 4.76. The third-order valence-electron chi connectivity index (χ3n) is 2.06. The molecule has 0 bridgehead atoms. The van der Waals surface area contributed by atoms with Gasteiger partial charge in [-0.05, 0) is 13.0 Å². The van der Waals surface area contributed by atoms with Crippen molar-refractivity contribution in [2.75, 3.05) is 7.05 Å². The molecule has 6 heteroatoms. The summed E-state index contributed by atoms with van der Waals surface area (Å²) < 4.78 is 4.86. The molecule has 2 amide bonds. The van der Waals surface area contributed by atoms with Gasteiger partial charge in [-0.25, -0.2) is 4.79 Å². The third-order valence-corrected chi connectivity index (χ3v) is 2.06. The number of nitrogens with one attached hydrogen (secondary N) is 1. The fourth-order valence-electron chi connectivity index (χ4n) is 1.09. The fourth-order valence-corrected chi connectivity index (χ4v) is 1.09. The van der Waals surface area contributed by atoms with E-state index in [4.69, 9.17) is 9.52 Å². The molecular weight excluding hydrogens is 212 g/mol. The van der Waals surface area contributed by atoms with Crippen molar-refractivity contribution in [2.45, 2.75) is 19.5 Å². The summed E-state index contributed by atoms with van der Waals surface area (Å²) in [6.07, 6.45) is 3.05. The zero-order valence-corrected chi connectivity index (χ0v) is 9.14. The zero-order chi connectivity index (χ0) is 12.1. The highest BCUT2D eigenvalue weighted by molar-refractivity contribution is 5.82. The number of nitrogens with zero attached hydrogens (tertiary/aromatic N) is 1. The van der Waals surface area contributed by atoms with Crippen LogP contribution in [0.4, 0.5) is 4.79 Å². The van der Waals surface area contributed by atoms with Gasteiger partial charge in [0, 0.05) is 12.6 Å². The van der Waals surface area contributed by atoms with E-state index in [0.29, 0.717) is 6.54 Å². The number of aliphatic carboxylic acids is 1. The van der Waals surface area contributed by atoms with E-state index in [9.17, 15) is 9.59 Å². The minimum atomic E-state index is -1.06. The summed E-state index contributed by atoms with van der Waals surface area (Å²) in [5.74, 6) is -1.06. The molecule has 0 saturated carbocycles. The van der Waals surface area contributed by atoms with E-state index in [1.54, 1.807) is 13.1 Å². The highest BCUT2D eigenvalue weighted by Crippen LogP contribution is 2.03. The molecule has 0 unspecified atom stereocenters. The van der Waals surface area contributed by atoms with E-state index in [2.05, 4.69) is 5.32 Å². The lowest BCUT2D eigenvalue weighted by atomic mass is 10.3. The first-order chi connectivity index (χ1) is 7.50. The minimum absolute atomic E-state index is 0.370. The van der Waals surface area contributed by atoms with Crippen LogP contribution in [0.25, 0.3) is 0 Å². The molecule has 16 heavy (non-hydrogen) atoms. The monoisotopic (exact) mass is 226 g/mol. The van der Waals surface area contributed by atoms with E-state index >= 15 is 0 Å². The molecule has 2 N–H and O–H groups in total. The van der Waals surface area contributed by atoms with Gasteiger partial charge >= 0.3 is 12.0 Å². The molecule has 1 atom stereocenters. The molecule has 88 valence electrons. The van der Waals surface area contributed by atoms with Crippen LogP contribution in [-0.4, -0.2) is 35.1 Å². The number of hydrogen-bond donors (Lipinski definition) is 2. The molecule has 6 nitrogen and oxygen atoms in total. The quantitative estimate of drug-likeness (QED) is 0.798. The standard InChI is InChI=1S/C10H14N2O4/c1-7(9(13)14)11-10(15)12(2)5-8-3-4-16-6-8/h3-4,6-7H,5H2,1-2H3,(H,11,15)(H,13,14)/t7-/m0/s1. The Kier molecular flexibility index (Phi) is 3.93. The van der Waals surface area contributed by atoms with E-state index in [1.165, 1.54) is 24.3 Å². The van der Waals surface area contributed by atoms with Crippen molar-refractivity contribution in [3.8, 4) is 0 Å². The number of hydrogen-bond acceptors (Lipinski definition) is 3. The summed E-state index contributed by atoms with van der Waals surface area (Å²) in [7, 11) is 1.58. The first-order valence-electron chi connectivity index (χ1n) is 4.76. The van der Waals surface area contributed by atoms with Crippen LogP contribution in [-0.2, 0) is 11.3 Å². The SMILES string of the molecule is C[C@H](NC(=O)N(C)Cc1ccoc1)C(=O)O. The summed E-state index contributed by atoms with van der Waals surface area (Å²) >= 11 is 0. The van der Waals surface area contributed by atoms with E-state index in [-0.39, 0.29) is 0 Å². The van der Waals surface area contributed by atoms with Crippen LogP contribution in [0.3, 0.4) is 0 Å². The highest BCUT2D eigenvalue weighted by Gasteiger charge is 2.16. The van der Waals surface area contributed by atoms with Crippen LogP contribution in [0.5, 0.6) is 0 Å². The molecule has 1 aromatic rings. The second-order valence-corrected chi connectivity index (χ2v) is 3.50. The smallest absolute Gasteiger partial charge is 0.325 e. The van der Waals surface area contributed by atoms with Crippen molar-refractivity contribution < 1.29 is 19.1 Å². The number of carboxylic acids is 1. The van der Waals surface area contributed by atoms with E-state index in [0.717, 1.165) is 5.56 Å². The third kappa shape index (κ3) is 3.30. The van der Waals surface area contributed by atoms with Crippen LogP contribution < -0.4 is 5.32 Å². The number of amides is 2. The maximum Gasteiger partial charge on any atom is 0.325 e. The number of carbonyl (C=O) groups is 2. The summed E-state index contributed by atoms with van der Waals surface area (Å²) in [5.41, 5.74) is 0.848. The predicted molar refractivity (Wildman–Crippen MR) is 55.8 cm³/mol. The van der Waals surface area contributed by atoms with Gasteiger partial charge < -0.3 is 19.7 Å². The minimum Gasteiger partial charge on any atom is -0.480 e. The summed E-state index contributed by atoms with van der Waals surface area (Å²) in [4.78, 5) is 23.4. The molecule has 0 aliphatic carbocycles. The lowest BCUT2D eigenvalue weighted by Gasteiger charge is -2.18. The van der Waals surface area contributed by atoms with Gasteiger partial charge in [0.1, 0.15) is 6.04 Å². The van der Waals surface area contributed by atoms with Gasteiger partial charge in [-0.1, -0.05) is 0 Å². The lowest BCUT2D eigenvalue weighted by Crippen LogP contribution is -2.44. The van der Waals surface area contributed by atoms with Gasteiger partial charge in [0.05, 0.1) is 19.1 Å². The number of carbonyl (C=O) groups excluding carboxylic acids is 1. The Morgan fingerprint density at radius 3 is 2.81 bits per heavy atom. The Bertz CT molecular complexity index is 361. The van der Waals surface area contributed by atoms with Gasteiger partial charge in [0.25, 0.3) is 0 Å². The average molecular weight is 226 g/mol. The second-order valence-electron chi connectivity index (χ2n) is 3.50. The van der Waals surface area contributed by atoms with E-state index in [1.807, 2.05) is 0 Å². The van der Waals surface area contributed by atoms with Crippen LogP contribution in [0, 0.1) is 0 Å². The van der Waals surface area contributed by atoms with Crippen molar-refractivity contribution >= 4 is 12.0 Å². The topological polar surface area (TPSA) is 82.8 Å². The molecule has 1 aromatic heterocycles. The van der Waals surface area contributed by atoms with Gasteiger partial charge in [-0.15, -0.1) is 0 Å². The zero-order valence-electron chi connectivity index (χ0n) is 9.14. The van der Waals surface area contributed by atoms with Crippen LogP contribution in [0.15, 0.2) is 23.0 Å². The Balaban J connectivity index is 2.45. The van der Waals surface area contributed by atoms with Crippen molar-refractivity contribution in [3.63, 3.8) is 0 Å². The normalized spacial score (nSPS) is 11.9. The highest BCUT2D eigenvalue weighted by atomic mass is 16.4. The molecule has 0 radical (unpaired) electrons. The molecule has 1 heterocycles. The number of rotatable bonds is 4. The van der Waals surface area contributed by atoms with Crippen LogP contribution in [0.1, 0.15) is 12.5 Å². The van der Waals surface area contributed by atoms with E-state index < -0.39 is 18.0 Å². The van der Waals surface area contributed by atoms with Gasteiger partial charge in [0.2, 0.25) is 0 Å². The second kappa shape index (κ2) is 5.20. The van der Waals surface area contributed by atoms with Crippen molar-refractivity contribution in [1.82, 2.24) is 10.2 Å². The lowest BCUT2D eigenvalue weighted by molar-refractivity contribution is -0.138. The average Bonchev–Trinajstić information content (AvgIpc) is 2.69. The Labute approximate surface area is 92.8 Å². The molecule has 0 aliphatic rings.